The quantitative estimate of drug-likeness (QED) is 0.787. The molecule has 0 aromatic rings. The van der Waals surface area contributed by atoms with Crippen molar-refractivity contribution in [1.29, 1.82) is 0 Å². The maximum Gasteiger partial charge on any atom is 0.247 e. The molecule has 1 aliphatic heterocycles. The van der Waals surface area contributed by atoms with Crippen molar-refractivity contribution >= 4 is 11.8 Å². The Balaban J connectivity index is 2.00. The van der Waals surface area contributed by atoms with Crippen molar-refractivity contribution in [3.8, 4) is 0 Å². The lowest BCUT2D eigenvalue weighted by Gasteiger charge is -2.31. The van der Waals surface area contributed by atoms with Gasteiger partial charge in [-0.05, 0) is 31.6 Å². The van der Waals surface area contributed by atoms with Crippen molar-refractivity contribution in [2.45, 2.75) is 83.8 Å². The van der Waals surface area contributed by atoms with Crippen molar-refractivity contribution in [3.63, 3.8) is 0 Å². The van der Waals surface area contributed by atoms with Crippen LogP contribution in [0.5, 0.6) is 0 Å². The van der Waals surface area contributed by atoms with Crippen LogP contribution in [0.25, 0.3) is 0 Å². The fourth-order valence-electron chi connectivity index (χ4n) is 3.64. The van der Waals surface area contributed by atoms with Crippen LogP contribution in [0.3, 0.4) is 0 Å². The van der Waals surface area contributed by atoms with Gasteiger partial charge in [-0.15, -0.1) is 0 Å². The molecule has 1 heterocycles. The predicted molar refractivity (Wildman–Crippen MR) is 79.2 cm³/mol. The van der Waals surface area contributed by atoms with Crippen LogP contribution in [0, 0.1) is 5.92 Å². The van der Waals surface area contributed by atoms with Gasteiger partial charge < -0.3 is 5.32 Å². The van der Waals surface area contributed by atoms with Crippen LogP contribution in [-0.4, -0.2) is 34.8 Å². The molecule has 2 amide bonds. The first-order valence-corrected chi connectivity index (χ1v) is 8.20. The van der Waals surface area contributed by atoms with Crippen molar-refractivity contribution in [2.75, 3.05) is 0 Å². The molecular formula is C16H28N2O2. The Kier molecular flexibility index (Phi) is 5.19. The summed E-state index contributed by atoms with van der Waals surface area (Å²) in [7, 11) is 0. The van der Waals surface area contributed by atoms with Gasteiger partial charge in [-0.1, -0.05) is 33.6 Å². The van der Waals surface area contributed by atoms with E-state index in [4.69, 9.17) is 0 Å². The van der Waals surface area contributed by atoms with E-state index in [9.17, 15) is 9.59 Å². The number of nitrogens with one attached hydrogen (secondary N) is 1. The summed E-state index contributed by atoms with van der Waals surface area (Å²) in [6, 6.07) is 0.186. The van der Waals surface area contributed by atoms with E-state index < -0.39 is 0 Å². The summed E-state index contributed by atoms with van der Waals surface area (Å²) < 4.78 is 0. The average molecular weight is 280 g/mol. The highest BCUT2D eigenvalue weighted by atomic mass is 16.2. The number of imide groups is 1. The van der Waals surface area contributed by atoms with Gasteiger partial charge in [-0.2, -0.15) is 0 Å². The molecule has 20 heavy (non-hydrogen) atoms. The first-order chi connectivity index (χ1) is 9.58. The molecule has 4 heteroatoms. The number of nitrogens with zero attached hydrogens (tertiary/aromatic N) is 1. The normalized spacial score (nSPS) is 31.4. The van der Waals surface area contributed by atoms with E-state index in [-0.39, 0.29) is 23.9 Å². The van der Waals surface area contributed by atoms with Gasteiger partial charge in [0.1, 0.15) is 0 Å². The standard InChI is InChI=1S/C16H28N2O2/c1-4-12(5-2)18-15(19)10-14(16(18)20)17-13-9-7-6-8-11(13)3/h11-14,17H,4-10H2,1-3H3. The topological polar surface area (TPSA) is 49.4 Å². The molecule has 2 aliphatic rings. The highest BCUT2D eigenvalue weighted by Gasteiger charge is 2.42. The molecule has 2 fully saturated rings. The molecule has 3 atom stereocenters. The summed E-state index contributed by atoms with van der Waals surface area (Å²) >= 11 is 0. The molecule has 1 aliphatic carbocycles. The van der Waals surface area contributed by atoms with Crippen LogP contribution in [-0.2, 0) is 9.59 Å². The first-order valence-electron chi connectivity index (χ1n) is 8.20. The summed E-state index contributed by atoms with van der Waals surface area (Å²) in [6.45, 7) is 6.33. The molecule has 114 valence electrons. The highest BCUT2D eigenvalue weighted by molar-refractivity contribution is 6.05. The maximum absolute atomic E-state index is 12.5. The van der Waals surface area contributed by atoms with Crippen LogP contribution < -0.4 is 5.32 Å². The lowest BCUT2D eigenvalue weighted by Crippen LogP contribution is -2.48. The fraction of sp³-hybridized carbons (Fsp3) is 0.875. The zero-order valence-corrected chi connectivity index (χ0v) is 13.0. The first kappa shape index (κ1) is 15.5. The molecule has 2 rings (SSSR count). The third kappa shape index (κ3) is 3.05. The van der Waals surface area contributed by atoms with Crippen LogP contribution in [0.4, 0.5) is 0 Å². The Hall–Kier alpha value is -0.900. The smallest absolute Gasteiger partial charge is 0.247 e. The summed E-state index contributed by atoms with van der Waals surface area (Å²) in [5.74, 6) is 0.611. The van der Waals surface area contributed by atoms with E-state index >= 15 is 0 Å². The van der Waals surface area contributed by atoms with Gasteiger partial charge in [0.05, 0.1) is 12.5 Å². The van der Waals surface area contributed by atoms with E-state index in [1.54, 1.807) is 0 Å². The van der Waals surface area contributed by atoms with Crippen molar-refractivity contribution < 1.29 is 9.59 Å². The van der Waals surface area contributed by atoms with Crippen LogP contribution in [0.1, 0.15) is 65.7 Å². The molecular weight excluding hydrogens is 252 g/mol. The highest BCUT2D eigenvalue weighted by Crippen LogP contribution is 2.26. The number of likely N-dealkylation sites (tertiary alicyclic amines) is 1. The minimum atomic E-state index is -0.284. The number of amides is 2. The molecule has 1 saturated carbocycles. The largest absolute Gasteiger partial charge is 0.302 e. The van der Waals surface area contributed by atoms with Crippen molar-refractivity contribution in [2.24, 2.45) is 5.92 Å². The average Bonchev–Trinajstić information content (AvgIpc) is 2.71. The Morgan fingerprint density at radius 2 is 1.85 bits per heavy atom. The summed E-state index contributed by atoms with van der Waals surface area (Å²) in [5, 5.41) is 3.47. The third-order valence-electron chi connectivity index (χ3n) is 5.02. The number of carbonyl (C=O) groups excluding carboxylic acids is 2. The van der Waals surface area contributed by atoms with Gasteiger partial charge in [-0.3, -0.25) is 14.5 Å². The molecule has 1 saturated heterocycles. The molecule has 1 N–H and O–H groups in total. The fourth-order valence-corrected chi connectivity index (χ4v) is 3.64. The van der Waals surface area contributed by atoms with E-state index in [1.165, 1.54) is 24.2 Å². The SMILES string of the molecule is CCC(CC)N1C(=O)CC(NC2CCCCC2C)C1=O. The Bertz CT molecular complexity index is 365. The molecule has 3 unspecified atom stereocenters. The molecule has 0 spiro atoms. The molecule has 0 radical (unpaired) electrons. The van der Waals surface area contributed by atoms with Crippen molar-refractivity contribution in [3.05, 3.63) is 0 Å². The lowest BCUT2D eigenvalue weighted by atomic mass is 9.85. The van der Waals surface area contributed by atoms with Gasteiger partial charge in [-0.25, -0.2) is 0 Å². The third-order valence-corrected chi connectivity index (χ3v) is 5.02. The summed E-state index contributed by atoms with van der Waals surface area (Å²) in [6.07, 6.45) is 6.91. The van der Waals surface area contributed by atoms with Crippen LogP contribution in [0.15, 0.2) is 0 Å². The molecule has 0 bridgehead atoms. The van der Waals surface area contributed by atoms with Gasteiger partial charge in [0, 0.05) is 12.1 Å². The number of rotatable bonds is 5. The van der Waals surface area contributed by atoms with Gasteiger partial charge in [0.2, 0.25) is 11.8 Å². The monoisotopic (exact) mass is 280 g/mol. The number of carbonyl (C=O) groups is 2. The van der Waals surface area contributed by atoms with Crippen LogP contribution in [0.2, 0.25) is 0 Å². The predicted octanol–water partition coefficient (Wildman–Crippen LogP) is 2.47. The Labute approximate surface area is 122 Å². The molecule has 4 nitrogen and oxygen atoms in total. The van der Waals surface area contributed by atoms with Gasteiger partial charge in [0.15, 0.2) is 0 Å². The lowest BCUT2D eigenvalue weighted by molar-refractivity contribution is -0.141. The van der Waals surface area contributed by atoms with E-state index in [1.807, 2.05) is 13.8 Å². The van der Waals surface area contributed by atoms with Crippen molar-refractivity contribution in [1.82, 2.24) is 10.2 Å². The zero-order valence-electron chi connectivity index (χ0n) is 13.0. The van der Waals surface area contributed by atoms with Gasteiger partial charge >= 0.3 is 0 Å². The number of hydrogen-bond donors (Lipinski definition) is 1. The summed E-state index contributed by atoms with van der Waals surface area (Å²) in [5.41, 5.74) is 0. The van der Waals surface area contributed by atoms with E-state index in [0.29, 0.717) is 18.4 Å². The Morgan fingerprint density at radius 1 is 1.20 bits per heavy atom. The molecule has 0 aromatic carbocycles. The minimum absolute atomic E-state index is 0.00136. The van der Waals surface area contributed by atoms with Crippen LogP contribution >= 0.6 is 0 Å². The summed E-state index contributed by atoms with van der Waals surface area (Å²) in [4.78, 5) is 26.2. The minimum Gasteiger partial charge on any atom is -0.302 e. The second kappa shape index (κ2) is 6.70. The van der Waals surface area contributed by atoms with E-state index in [2.05, 4.69) is 12.2 Å². The maximum atomic E-state index is 12.5. The molecule has 0 aromatic heterocycles. The van der Waals surface area contributed by atoms with E-state index in [0.717, 1.165) is 19.3 Å². The zero-order chi connectivity index (χ0) is 14.7. The second-order valence-electron chi connectivity index (χ2n) is 6.36. The second-order valence-corrected chi connectivity index (χ2v) is 6.36. The van der Waals surface area contributed by atoms with Gasteiger partial charge in [0.25, 0.3) is 0 Å². The number of hydrogen-bond acceptors (Lipinski definition) is 3. The Morgan fingerprint density at radius 3 is 2.45 bits per heavy atom.